The number of carbonyl (C=O) groups is 1. The summed E-state index contributed by atoms with van der Waals surface area (Å²) in [4.78, 5) is 20.5. The molecule has 1 saturated carbocycles. The summed E-state index contributed by atoms with van der Waals surface area (Å²) in [6.45, 7) is 0.738. The summed E-state index contributed by atoms with van der Waals surface area (Å²) in [5.74, 6) is 1.53. The Labute approximate surface area is 176 Å². The number of H-pyrrole nitrogens is 1. The second-order valence-corrected chi connectivity index (χ2v) is 8.12. The molecule has 0 aliphatic heterocycles. The molecule has 1 fully saturated rings. The maximum Gasteiger partial charge on any atom is 0.251 e. The Morgan fingerprint density at radius 3 is 2.73 bits per heavy atom. The number of aromatic nitrogens is 2. The number of imidazole rings is 1. The smallest absolute Gasteiger partial charge is 0.251 e. The summed E-state index contributed by atoms with van der Waals surface area (Å²) in [5.41, 5.74) is 2.90. The Balaban J connectivity index is 1.45. The highest BCUT2D eigenvalue weighted by Gasteiger charge is 2.15. The van der Waals surface area contributed by atoms with Crippen LogP contribution in [0.2, 0.25) is 0 Å². The van der Waals surface area contributed by atoms with E-state index in [9.17, 15) is 9.18 Å². The van der Waals surface area contributed by atoms with Crippen LogP contribution in [0.1, 0.15) is 60.3 Å². The first-order chi connectivity index (χ1) is 14.6. The van der Waals surface area contributed by atoms with Gasteiger partial charge in [-0.1, -0.05) is 25.7 Å². The van der Waals surface area contributed by atoms with Crippen molar-refractivity contribution in [3.63, 3.8) is 0 Å². The van der Waals surface area contributed by atoms with E-state index in [2.05, 4.69) is 15.3 Å². The summed E-state index contributed by atoms with van der Waals surface area (Å²) in [5, 5.41) is 3.09. The van der Waals surface area contributed by atoms with Crippen molar-refractivity contribution in [2.45, 2.75) is 44.9 Å². The van der Waals surface area contributed by atoms with Crippen LogP contribution >= 0.6 is 0 Å². The number of fused-ring (bicyclic) bond motifs is 1. The van der Waals surface area contributed by atoms with Crippen LogP contribution in [0, 0.1) is 11.7 Å². The number of aromatic amines is 1. The van der Waals surface area contributed by atoms with E-state index in [0.717, 1.165) is 23.1 Å². The number of halogens is 1. The summed E-state index contributed by atoms with van der Waals surface area (Å²) in [6, 6.07) is 9.94. The number of carbonyl (C=O) groups excluding carboxylic acids is 1. The van der Waals surface area contributed by atoms with E-state index in [1.54, 1.807) is 19.2 Å². The molecule has 0 unspecified atom stereocenters. The molecule has 0 atom stereocenters. The first kappa shape index (κ1) is 20.4. The molecule has 158 valence electrons. The highest BCUT2D eigenvalue weighted by Crippen LogP contribution is 2.24. The third-order valence-electron chi connectivity index (χ3n) is 5.92. The Morgan fingerprint density at radius 1 is 1.17 bits per heavy atom. The monoisotopic (exact) mass is 409 g/mol. The molecule has 0 bridgehead atoms. The predicted octanol–water partition coefficient (Wildman–Crippen LogP) is 5.00. The van der Waals surface area contributed by atoms with Crippen LogP contribution in [0.4, 0.5) is 4.39 Å². The number of ether oxygens (including phenoxy) is 1. The van der Waals surface area contributed by atoms with Gasteiger partial charge in [0.1, 0.15) is 17.4 Å². The molecule has 2 N–H and O–H groups in total. The normalized spacial score (nSPS) is 15.1. The maximum atomic E-state index is 13.6. The van der Waals surface area contributed by atoms with E-state index in [4.69, 9.17) is 4.74 Å². The molecule has 0 spiro atoms. The minimum absolute atomic E-state index is 0.0579. The number of amides is 1. The van der Waals surface area contributed by atoms with Crippen molar-refractivity contribution >= 4 is 16.9 Å². The lowest BCUT2D eigenvalue weighted by molar-refractivity contribution is 0.0946. The topological polar surface area (TPSA) is 67.0 Å². The first-order valence-corrected chi connectivity index (χ1v) is 10.7. The lowest BCUT2D eigenvalue weighted by Crippen LogP contribution is -2.29. The van der Waals surface area contributed by atoms with E-state index >= 15 is 0 Å². The molecule has 30 heavy (non-hydrogen) atoms. The van der Waals surface area contributed by atoms with Gasteiger partial charge in [-0.25, -0.2) is 9.37 Å². The van der Waals surface area contributed by atoms with E-state index in [0.29, 0.717) is 29.5 Å². The zero-order chi connectivity index (χ0) is 20.9. The van der Waals surface area contributed by atoms with Crippen molar-refractivity contribution in [3.8, 4) is 5.75 Å². The fraction of sp³-hybridized carbons (Fsp3) is 0.417. The van der Waals surface area contributed by atoms with Crippen molar-refractivity contribution < 1.29 is 13.9 Å². The van der Waals surface area contributed by atoms with Gasteiger partial charge in [0.05, 0.1) is 18.1 Å². The molecule has 1 aliphatic carbocycles. The molecule has 4 rings (SSSR count). The Hall–Kier alpha value is -2.89. The molecule has 5 nitrogen and oxygen atoms in total. The van der Waals surface area contributed by atoms with Crippen molar-refractivity contribution in [1.82, 2.24) is 15.3 Å². The van der Waals surface area contributed by atoms with Gasteiger partial charge in [0.2, 0.25) is 0 Å². The highest BCUT2D eigenvalue weighted by molar-refractivity contribution is 5.97. The molecular formula is C24H28FN3O2. The number of hydrogen-bond donors (Lipinski definition) is 2. The quantitative estimate of drug-likeness (QED) is 0.563. The SMILES string of the molecule is COc1ccc(F)cc1Cc1nc2cc(C(=O)NCC3CCCCCC3)ccc2[nH]1. The predicted molar refractivity (Wildman–Crippen MR) is 115 cm³/mol. The van der Waals surface area contributed by atoms with E-state index in [1.807, 2.05) is 12.1 Å². The van der Waals surface area contributed by atoms with Gasteiger partial charge in [-0.3, -0.25) is 4.79 Å². The van der Waals surface area contributed by atoms with Gasteiger partial charge in [0, 0.05) is 24.1 Å². The Morgan fingerprint density at radius 2 is 1.97 bits per heavy atom. The fourth-order valence-electron chi connectivity index (χ4n) is 4.26. The van der Waals surface area contributed by atoms with Gasteiger partial charge in [-0.05, 0) is 55.2 Å². The summed E-state index contributed by atoms with van der Waals surface area (Å²) in [7, 11) is 1.56. The molecule has 3 aromatic rings. The molecule has 1 amide bonds. The highest BCUT2D eigenvalue weighted by atomic mass is 19.1. The van der Waals surface area contributed by atoms with Crippen molar-refractivity contribution in [3.05, 3.63) is 59.2 Å². The summed E-state index contributed by atoms with van der Waals surface area (Å²) < 4.78 is 19.0. The molecular weight excluding hydrogens is 381 g/mol. The molecule has 2 aromatic carbocycles. The van der Waals surface area contributed by atoms with Gasteiger partial charge in [0.25, 0.3) is 5.91 Å². The van der Waals surface area contributed by atoms with Gasteiger partial charge in [0.15, 0.2) is 0 Å². The van der Waals surface area contributed by atoms with Gasteiger partial charge in [-0.15, -0.1) is 0 Å². The molecule has 1 aromatic heterocycles. The minimum atomic E-state index is -0.311. The van der Waals surface area contributed by atoms with Crippen LogP contribution in [0.15, 0.2) is 36.4 Å². The maximum absolute atomic E-state index is 13.6. The molecule has 0 radical (unpaired) electrons. The van der Waals surface area contributed by atoms with Crippen molar-refractivity contribution in [2.75, 3.05) is 13.7 Å². The number of nitrogens with zero attached hydrogens (tertiary/aromatic N) is 1. The van der Waals surface area contributed by atoms with E-state index < -0.39 is 0 Å². The average Bonchev–Trinajstić information content (AvgIpc) is 2.96. The molecule has 0 saturated heterocycles. The largest absolute Gasteiger partial charge is 0.496 e. The zero-order valence-corrected chi connectivity index (χ0v) is 17.3. The first-order valence-electron chi connectivity index (χ1n) is 10.7. The number of methoxy groups -OCH3 is 1. The van der Waals surface area contributed by atoms with E-state index in [1.165, 1.54) is 50.7 Å². The molecule has 1 heterocycles. The van der Waals surface area contributed by atoms with Crippen molar-refractivity contribution in [2.24, 2.45) is 5.92 Å². The van der Waals surface area contributed by atoms with Crippen LogP contribution in [0.3, 0.4) is 0 Å². The van der Waals surface area contributed by atoms with Crippen LogP contribution in [0.5, 0.6) is 5.75 Å². The standard InChI is InChI=1S/C24H28FN3O2/c1-30-22-11-9-19(25)12-18(22)14-23-27-20-10-8-17(13-21(20)28-23)24(29)26-15-16-6-4-2-3-5-7-16/h8-13,16H,2-7,14-15H2,1H3,(H,26,29)(H,27,28). The van der Waals surface area contributed by atoms with Crippen LogP contribution < -0.4 is 10.1 Å². The fourth-order valence-corrected chi connectivity index (χ4v) is 4.26. The zero-order valence-electron chi connectivity index (χ0n) is 17.3. The Bertz CT molecular complexity index is 1020. The summed E-state index contributed by atoms with van der Waals surface area (Å²) in [6.07, 6.45) is 7.96. The van der Waals surface area contributed by atoms with Gasteiger partial charge < -0.3 is 15.0 Å². The lowest BCUT2D eigenvalue weighted by atomic mass is 10.0. The third kappa shape index (κ3) is 4.81. The van der Waals surface area contributed by atoms with Crippen LogP contribution in [0.25, 0.3) is 11.0 Å². The third-order valence-corrected chi connectivity index (χ3v) is 5.92. The number of nitrogens with one attached hydrogen (secondary N) is 2. The van der Waals surface area contributed by atoms with Crippen LogP contribution in [-0.4, -0.2) is 29.5 Å². The number of hydrogen-bond acceptors (Lipinski definition) is 3. The number of rotatable bonds is 6. The molecule has 6 heteroatoms. The number of benzene rings is 2. The van der Waals surface area contributed by atoms with Crippen LogP contribution in [-0.2, 0) is 6.42 Å². The van der Waals surface area contributed by atoms with E-state index in [-0.39, 0.29) is 11.7 Å². The Kier molecular flexibility index (Phi) is 6.31. The lowest BCUT2D eigenvalue weighted by Gasteiger charge is -2.14. The molecule has 1 aliphatic rings. The second kappa shape index (κ2) is 9.28. The van der Waals surface area contributed by atoms with Crippen molar-refractivity contribution in [1.29, 1.82) is 0 Å². The second-order valence-electron chi connectivity index (χ2n) is 8.12. The summed E-state index contributed by atoms with van der Waals surface area (Å²) >= 11 is 0. The average molecular weight is 410 g/mol. The van der Waals surface area contributed by atoms with Gasteiger partial charge >= 0.3 is 0 Å². The minimum Gasteiger partial charge on any atom is -0.496 e. The van der Waals surface area contributed by atoms with Gasteiger partial charge in [-0.2, -0.15) is 0 Å².